The van der Waals surface area contributed by atoms with Crippen LogP contribution >= 0.6 is 12.4 Å². The fraction of sp³-hybridized carbons (Fsp3) is 0.400. The molecule has 9 heteroatoms. The summed E-state index contributed by atoms with van der Waals surface area (Å²) in [6, 6.07) is 6.14. The molecule has 1 aromatic carbocycles. The Morgan fingerprint density at radius 3 is 2.50 bits per heavy atom. The van der Waals surface area contributed by atoms with Gasteiger partial charge in [0.2, 0.25) is 10.0 Å². The van der Waals surface area contributed by atoms with E-state index in [4.69, 9.17) is 0 Å². The smallest absolute Gasteiger partial charge is 0.246 e. The van der Waals surface area contributed by atoms with Crippen molar-refractivity contribution in [2.45, 2.75) is 4.90 Å². The van der Waals surface area contributed by atoms with E-state index in [2.05, 4.69) is 10.4 Å². The van der Waals surface area contributed by atoms with Gasteiger partial charge < -0.3 is 5.32 Å². The van der Waals surface area contributed by atoms with Crippen molar-refractivity contribution in [3.63, 3.8) is 0 Å². The molecule has 0 radical (unpaired) electrons. The standard InChI is InChI=1S/C15H17FN4O2S.ClH/c16-14-3-1-2-4-15(14)20-10-13(7-18-20)23(21,22)19-8-11-5-17-6-12(11)9-19;/h1-4,7,10-12,17H,5-6,8-9H2;1H/t11-,12+;. The zero-order valence-electron chi connectivity index (χ0n) is 12.8. The second-order valence-electron chi connectivity index (χ2n) is 6.07. The first kappa shape index (κ1) is 17.3. The maximum atomic E-state index is 13.8. The van der Waals surface area contributed by atoms with Crippen LogP contribution in [0.25, 0.3) is 5.69 Å². The number of para-hydroxylation sites is 1. The van der Waals surface area contributed by atoms with E-state index in [0.29, 0.717) is 24.9 Å². The number of nitrogens with zero attached hydrogens (tertiary/aromatic N) is 3. The van der Waals surface area contributed by atoms with Crippen LogP contribution in [-0.4, -0.2) is 48.7 Å². The van der Waals surface area contributed by atoms with Gasteiger partial charge in [-0.05, 0) is 37.1 Å². The van der Waals surface area contributed by atoms with E-state index in [1.807, 2.05) is 0 Å². The van der Waals surface area contributed by atoms with Gasteiger partial charge in [0.15, 0.2) is 0 Å². The molecular weight excluding hydrogens is 355 g/mol. The van der Waals surface area contributed by atoms with Crippen LogP contribution in [-0.2, 0) is 10.0 Å². The van der Waals surface area contributed by atoms with E-state index in [-0.39, 0.29) is 23.0 Å². The largest absolute Gasteiger partial charge is 0.316 e. The highest BCUT2D eigenvalue weighted by atomic mass is 35.5. The molecule has 0 bridgehead atoms. The highest BCUT2D eigenvalue weighted by Gasteiger charge is 2.41. The third kappa shape index (κ3) is 2.83. The molecule has 2 aliphatic heterocycles. The second kappa shape index (κ2) is 6.44. The van der Waals surface area contributed by atoms with Crippen LogP contribution in [0.15, 0.2) is 41.6 Å². The van der Waals surface area contributed by atoms with Gasteiger partial charge in [-0.1, -0.05) is 12.1 Å². The van der Waals surface area contributed by atoms with Crippen LogP contribution in [0.4, 0.5) is 4.39 Å². The summed E-state index contributed by atoms with van der Waals surface area (Å²) in [7, 11) is -3.58. The molecule has 130 valence electrons. The van der Waals surface area contributed by atoms with Crippen LogP contribution in [0.3, 0.4) is 0 Å². The highest BCUT2D eigenvalue weighted by molar-refractivity contribution is 7.89. The predicted molar refractivity (Wildman–Crippen MR) is 89.4 cm³/mol. The molecular formula is C15H18ClFN4O2S. The minimum Gasteiger partial charge on any atom is -0.316 e. The van der Waals surface area contributed by atoms with Gasteiger partial charge in [-0.2, -0.15) is 9.40 Å². The van der Waals surface area contributed by atoms with Crippen molar-refractivity contribution in [2.75, 3.05) is 26.2 Å². The van der Waals surface area contributed by atoms with E-state index in [0.717, 1.165) is 13.1 Å². The van der Waals surface area contributed by atoms with Crippen molar-refractivity contribution in [3.05, 3.63) is 42.5 Å². The quantitative estimate of drug-likeness (QED) is 0.881. The van der Waals surface area contributed by atoms with Gasteiger partial charge in [0.05, 0.1) is 12.4 Å². The minimum absolute atomic E-state index is 0. The summed E-state index contributed by atoms with van der Waals surface area (Å²) >= 11 is 0. The van der Waals surface area contributed by atoms with Crippen molar-refractivity contribution < 1.29 is 12.8 Å². The number of nitrogens with one attached hydrogen (secondary N) is 1. The second-order valence-corrected chi connectivity index (χ2v) is 8.01. The average molecular weight is 373 g/mol. The molecule has 6 nitrogen and oxygen atoms in total. The number of hydrogen-bond donors (Lipinski definition) is 1. The van der Waals surface area contributed by atoms with E-state index in [9.17, 15) is 12.8 Å². The van der Waals surface area contributed by atoms with Crippen LogP contribution in [0, 0.1) is 17.7 Å². The number of aromatic nitrogens is 2. The van der Waals surface area contributed by atoms with E-state index < -0.39 is 15.8 Å². The molecule has 2 saturated heterocycles. The van der Waals surface area contributed by atoms with Gasteiger partial charge in [-0.25, -0.2) is 17.5 Å². The summed E-state index contributed by atoms with van der Waals surface area (Å²) < 4.78 is 42.1. The highest BCUT2D eigenvalue weighted by Crippen LogP contribution is 2.30. The van der Waals surface area contributed by atoms with Gasteiger partial charge in [-0.15, -0.1) is 12.4 Å². The molecule has 0 amide bonds. The van der Waals surface area contributed by atoms with Crippen LogP contribution in [0.1, 0.15) is 0 Å². The normalized spacial score (nSPS) is 23.9. The summed E-state index contributed by atoms with van der Waals surface area (Å²) in [5.41, 5.74) is 0.233. The molecule has 0 aliphatic carbocycles. The first-order chi connectivity index (χ1) is 11.1. The molecule has 24 heavy (non-hydrogen) atoms. The van der Waals surface area contributed by atoms with E-state index in [1.54, 1.807) is 18.2 Å². The molecule has 0 spiro atoms. The number of benzene rings is 1. The van der Waals surface area contributed by atoms with Crippen molar-refractivity contribution in [1.29, 1.82) is 0 Å². The fourth-order valence-corrected chi connectivity index (χ4v) is 4.85. The Kier molecular flexibility index (Phi) is 4.65. The number of hydrogen-bond acceptors (Lipinski definition) is 4. The summed E-state index contributed by atoms with van der Waals surface area (Å²) in [5.74, 6) is 0.319. The van der Waals surface area contributed by atoms with Crippen molar-refractivity contribution in [2.24, 2.45) is 11.8 Å². The number of rotatable bonds is 3. The molecule has 1 aromatic heterocycles. The van der Waals surface area contributed by atoms with Crippen LogP contribution < -0.4 is 5.32 Å². The first-order valence-corrected chi connectivity index (χ1v) is 9.00. The molecule has 0 unspecified atom stereocenters. The summed E-state index contributed by atoms with van der Waals surface area (Å²) in [5, 5.41) is 7.30. The Balaban J connectivity index is 0.00000169. The number of sulfonamides is 1. The average Bonchev–Trinajstić information content (AvgIpc) is 3.23. The molecule has 2 atom stereocenters. The SMILES string of the molecule is Cl.O=S(=O)(c1cnn(-c2ccccc2F)c1)N1C[C@H]2CNC[C@H]2C1. The Bertz CT molecular complexity index is 830. The van der Waals surface area contributed by atoms with E-state index >= 15 is 0 Å². The lowest BCUT2D eigenvalue weighted by atomic mass is 10.0. The molecule has 3 heterocycles. The molecule has 0 saturated carbocycles. The molecule has 1 N–H and O–H groups in total. The Labute approximate surface area is 146 Å². The van der Waals surface area contributed by atoms with E-state index in [1.165, 1.54) is 27.4 Å². The third-order valence-electron chi connectivity index (χ3n) is 4.65. The van der Waals surface area contributed by atoms with Crippen LogP contribution in [0.5, 0.6) is 0 Å². The van der Waals surface area contributed by atoms with Gasteiger partial charge in [0, 0.05) is 13.1 Å². The fourth-order valence-electron chi connectivity index (χ4n) is 3.37. The lowest BCUT2D eigenvalue weighted by Crippen LogP contribution is -2.31. The lowest BCUT2D eigenvalue weighted by Gasteiger charge is -2.16. The molecule has 2 fully saturated rings. The zero-order chi connectivity index (χ0) is 16.0. The summed E-state index contributed by atoms with van der Waals surface area (Å²) in [4.78, 5) is 0.105. The van der Waals surface area contributed by atoms with Crippen molar-refractivity contribution >= 4 is 22.4 Å². The van der Waals surface area contributed by atoms with Crippen LogP contribution in [0.2, 0.25) is 0 Å². The number of fused-ring (bicyclic) bond motifs is 1. The van der Waals surface area contributed by atoms with Gasteiger partial charge >= 0.3 is 0 Å². The van der Waals surface area contributed by atoms with Gasteiger partial charge in [0.25, 0.3) is 0 Å². The Hall–Kier alpha value is -1.48. The Morgan fingerprint density at radius 1 is 1.17 bits per heavy atom. The lowest BCUT2D eigenvalue weighted by molar-refractivity contribution is 0.448. The Morgan fingerprint density at radius 2 is 1.83 bits per heavy atom. The summed E-state index contributed by atoms with van der Waals surface area (Å²) in [6.07, 6.45) is 2.66. The van der Waals surface area contributed by atoms with Crippen molar-refractivity contribution in [3.8, 4) is 5.69 Å². The predicted octanol–water partition coefficient (Wildman–Crippen LogP) is 1.27. The minimum atomic E-state index is -3.58. The maximum absolute atomic E-state index is 13.8. The maximum Gasteiger partial charge on any atom is 0.246 e. The topological polar surface area (TPSA) is 67.2 Å². The zero-order valence-corrected chi connectivity index (χ0v) is 14.4. The monoisotopic (exact) mass is 372 g/mol. The van der Waals surface area contributed by atoms with Gasteiger partial charge in [-0.3, -0.25) is 0 Å². The number of halogens is 2. The third-order valence-corrected chi connectivity index (χ3v) is 6.44. The molecule has 2 aliphatic rings. The first-order valence-electron chi connectivity index (χ1n) is 7.56. The van der Waals surface area contributed by atoms with Gasteiger partial charge in [0.1, 0.15) is 16.4 Å². The molecule has 2 aromatic rings. The van der Waals surface area contributed by atoms with Crippen molar-refractivity contribution in [1.82, 2.24) is 19.4 Å². The summed E-state index contributed by atoms with van der Waals surface area (Å²) in [6.45, 7) is 2.80. The molecule has 4 rings (SSSR count).